The summed E-state index contributed by atoms with van der Waals surface area (Å²) in [5, 5.41) is 10.8. The third-order valence-corrected chi connectivity index (χ3v) is 3.57. The number of oxazole rings is 1. The van der Waals surface area contributed by atoms with E-state index in [2.05, 4.69) is 25.2 Å². The van der Waals surface area contributed by atoms with Gasteiger partial charge >= 0.3 is 6.36 Å². The number of alkyl halides is 3. The second-order valence-corrected chi connectivity index (χ2v) is 5.40. The second kappa shape index (κ2) is 6.10. The Bertz CT molecular complexity index is 1040. The van der Waals surface area contributed by atoms with Gasteiger partial charge in [0.1, 0.15) is 5.75 Å². The van der Waals surface area contributed by atoms with Gasteiger partial charge < -0.3 is 14.5 Å². The lowest BCUT2D eigenvalue weighted by Crippen LogP contribution is -2.16. The number of nitrogens with one attached hydrogen (secondary N) is 2. The zero-order chi connectivity index (χ0) is 18.1. The molecule has 4 aromatic rings. The zero-order valence-electron chi connectivity index (χ0n) is 13.0. The van der Waals surface area contributed by atoms with Gasteiger partial charge in [-0.15, -0.1) is 13.2 Å². The number of rotatable bonds is 4. The molecule has 0 bridgehead atoms. The van der Waals surface area contributed by atoms with Crippen molar-refractivity contribution in [2.75, 3.05) is 5.32 Å². The van der Waals surface area contributed by atoms with Crippen molar-refractivity contribution in [2.24, 2.45) is 0 Å². The topological polar surface area (TPSA) is 76.0 Å². The maximum Gasteiger partial charge on any atom is 0.573 e. The summed E-state index contributed by atoms with van der Waals surface area (Å²) in [5.41, 5.74) is 2.25. The molecule has 0 aliphatic heterocycles. The summed E-state index contributed by atoms with van der Waals surface area (Å²) in [6, 6.07) is 11.2. The molecule has 0 aliphatic carbocycles. The Kier molecular flexibility index (Phi) is 3.76. The lowest BCUT2D eigenvalue weighted by atomic mass is 10.2. The molecule has 4 rings (SSSR count). The molecule has 0 spiro atoms. The molecular weight excluding hydrogens is 349 g/mol. The summed E-state index contributed by atoms with van der Waals surface area (Å²) in [4.78, 5) is 4.12. The van der Waals surface area contributed by atoms with Crippen molar-refractivity contribution in [3.63, 3.8) is 0 Å². The number of H-pyrrole nitrogens is 1. The number of hydrogen-bond acceptors (Lipinski definition) is 5. The number of benzene rings is 2. The molecule has 0 fully saturated rings. The molecule has 26 heavy (non-hydrogen) atoms. The fourth-order valence-corrected chi connectivity index (χ4v) is 2.43. The number of aromatic amines is 1. The molecule has 0 aliphatic rings. The van der Waals surface area contributed by atoms with Crippen molar-refractivity contribution < 1.29 is 22.3 Å². The van der Waals surface area contributed by atoms with Gasteiger partial charge in [-0.1, -0.05) is 0 Å². The molecule has 9 heteroatoms. The minimum absolute atomic E-state index is 0.262. The van der Waals surface area contributed by atoms with Crippen LogP contribution in [-0.2, 0) is 0 Å². The first kappa shape index (κ1) is 16.0. The minimum Gasteiger partial charge on any atom is -0.423 e. The zero-order valence-corrected chi connectivity index (χ0v) is 13.0. The summed E-state index contributed by atoms with van der Waals surface area (Å²) in [6.45, 7) is 0. The van der Waals surface area contributed by atoms with E-state index < -0.39 is 6.36 Å². The Labute approximate surface area is 144 Å². The second-order valence-electron chi connectivity index (χ2n) is 5.40. The van der Waals surface area contributed by atoms with E-state index in [1.807, 2.05) is 18.2 Å². The summed E-state index contributed by atoms with van der Waals surface area (Å²) in [7, 11) is 0. The Balaban J connectivity index is 1.50. The molecule has 2 aromatic heterocycles. The average molecular weight is 360 g/mol. The Hall–Kier alpha value is -3.49. The van der Waals surface area contributed by atoms with Crippen molar-refractivity contribution in [1.82, 2.24) is 15.2 Å². The van der Waals surface area contributed by atoms with Gasteiger partial charge in [0.2, 0.25) is 0 Å². The fourth-order valence-electron chi connectivity index (χ4n) is 2.43. The normalized spacial score (nSPS) is 11.7. The van der Waals surface area contributed by atoms with Crippen LogP contribution < -0.4 is 10.1 Å². The van der Waals surface area contributed by atoms with Crippen molar-refractivity contribution in [2.45, 2.75) is 6.36 Å². The van der Waals surface area contributed by atoms with Gasteiger partial charge in [0, 0.05) is 16.6 Å². The van der Waals surface area contributed by atoms with Crippen LogP contribution in [0.5, 0.6) is 5.75 Å². The van der Waals surface area contributed by atoms with E-state index in [1.165, 1.54) is 30.5 Å². The predicted molar refractivity (Wildman–Crippen MR) is 88.0 cm³/mol. The lowest BCUT2D eigenvalue weighted by Gasteiger charge is -2.08. The highest BCUT2D eigenvalue weighted by Gasteiger charge is 2.31. The van der Waals surface area contributed by atoms with Gasteiger partial charge in [0.15, 0.2) is 5.76 Å². The predicted octanol–water partition coefficient (Wildman–Crippen LogP) is 4.86. The van der Waals surface area contributed by atoms with Crippen LogP contribution in [0, 0.1) is 0 Å². The first-order valence-electron chi connectivity index (χ1n) is 7.48. The quantitative estimate of drug-likeness (QED) is 0.544. The van der Waals surface area contributed by atoms with Crippen molar-refractivity contribution in [1.29, 1.82) is 0 Å². The smallest absolute Gasteiger partial charge is 0.423 e. The first-order valence-corrected chi connectivity index (χ1v) is 7.48. The van der Waals surface area contributed by atoms with Gasteiger partial charge in [0.05, 0.1) is 17.9 Å². The van der Waals surface area contributed by atoms with Crippen LogP contribution >= 0.6 is 0 Å². The standard InChI is InChI=1S/C17H11F3N4O2/c18-17(19,20)26-13-4-1-10(2-5-13)15-9-21-16(25-15)23-12-3-6-14-11(7-12)8-22-24-14/h1-9H,(H,21,23)(H,22,24). The molecule has 0 amide bonds. The van der Waals surface area contributed by atoms with E-state index in [-0.39, 0.29) is 11.8 Å². The van der Waals surface area contributed by atoms with E-state index in [4.69, 9.17) is 4.42 Å². The molecule has 0 unspecified atom stereocenters. The lowest BCUT2D eigenvalue weighted by molar-refractivity contribution is -0.274. The van der Waals surface area contributed by atoms with Crippen LogP contribution in [0.1, 0.15) is 0 Å². The number of ether oxygens (including phenoxy) is 1. The summed E-state index contributed by atoms with van der Waals surface area (Å²) in [5.74, 6) is 0.114. The fraction of sp³-hybridized carbons (Fsp3) is 0.0588. The van der Waals surface area contributed by atoms with Gasteiger partial charge in [0.25, 0.3) is 6.01 Å². The maximum atomic E-state index is 12.2. The van der Waals surface area contributed by atoms with Crippen LogP contribution in [0.15, 0.2) is 59.3 Å². The van der Waals surface area contributed by atoms with Gasteiger partial charge in [-0.05, 0) is 42.5 Å². The minimum atomic E-state index is -4.72. The highest BCUT2D eigenvalue weighted by atomic mass is 19.4. The molecule has 0 atom stereocenters. The largest absolute Gasteiger partial charge is 0.573 e. The number of nitrogens with zero attached hydrogens (tertiary/aromatic N) is 2. The third-order valence-electron chi connectivity index (χ3n) is 3.57. The molecular formula is C17H11F3N4O2. The summed E-state index contributed by atoms with van der Waals surface area (Å²) >= 11 is 0. The summed E-state index contributed by atoms with van der Waals surface area (Å²) < 4.78 is 46.0. The average Bonchev–Trinajstić information content (AvgIpc) is 3.23. The monoisotopic (exact) mass is 360 g/mol. The maximum absolute atomic E-state index is 12.2. The molecule has 2 heterocycles. The van der Waals surface area contributed by atoms with Crippen LogP contribution in [0.3, 0.4) is 0 Å². The Morgan fingerprint density at radius 1 is 1.04 bits per heavy atom. The number of halogens is 3. The van der Waals surface area contributed by atoms with Gasteiger partial charge in [-0.2, -0.15) is 5.10 Å². The van der Waals surface area contributed by atoms with Crippen LogP contribution in [0.4, 0.5) is 24.9 Å². The molecule has 2 N–H and O–H groups in total. The molecule has 132 valence electrons. The molecule has 0 saturated heterocycles. The first-order chi connectivity index (χ1) is 12.5. The number of hydrogen-bond donors (Lipinski definition) is 2. The van der Waals surface area contributed by atoms with Gasteiger partial charge in [-0.3, -0.25) is 5.10 Å². The molecule has 6 nitrogen and oxygen atoms in total. The Morgan fingerprint density at radius 2 is 1.85 bits per heavy atom. The highest BCUT2D eigenvalue weighted by Crippen LogP contribution is 2.29. The Morgan fingerprint density at radius 3 is 2.62 bits per heavy atom. The summed E-state index contributed by atoms with van der Waals surface area (Å²) in [6.07, 6.45) is -1.54. The molecule has 0 radical (unpaired) electrons. The SMILES string of the molecule is FC(F)(F)Oc1ccc(-c2cnc(Nc3ccc4[nH]ncc4c3)o2)cc1. The van der Waals surface area contributed by atoms with E-state index >= 15 is 0 Å². The van der Waals surface area contributed by atoms with Crippen LogP contribution in [0.2, 0.25) is 0 Å². The van der Waals surface area contributed by atoms with Crippen molar-refractivity contribution in [3.8, 4) is 17.1 Å². The highest BCUT2D eigenvalue weighted by molar-refractivity contribution is 5.82. The van der Waals surface area contributed by atoms with Crippen molar-refractivity contribution in [3.05, 3.63) is 54.9 Å². The van der Waals surface area contributed by atoms with E-state index in [9.17, 15) is 13.2 Å². The number of aromatic nitrogens is 3. The van der Waals surface area contributed by atoms with Crippen LogP contribution in [-0.4, -0.2) is 21.5 Å². The number of anilines is 2. The van der Waals surface area contributed by atoms with Crippen LogP contribution in [0.25, 0.3) is 22.2 Å². The molecule has 0 saturated carbocycles. The van der Waals surface area contributed by atoms with E-state index in [1.54, 1.807) is 6.20 Å². The van der Waals surface area contributed by atoms with Crippen molar-refractivity contribution >= 4 is 22.6 Å². The van der Waals surface area contributed by atoms with Gasteiger partial charge in [-0.25, -0.2) is 4.98 Å². The molecule has 2 aromatic carbocycles. The van der Waals surface area contributed by atoms with E-state index in [0.717, 1.165) is 16.6 Å². The van der Waals surface area contributed by atoms with E-state index in [0.29, 0.717) is 11.3 Å². The number of fused-ring (bicyclic) bond motifs is 1. The third kappa shape index (κ3) is 3.46.